The van der Waals surface area contributed by atoms with E-state index in [1.807, 2.05) is 32.6 Å². The summed E-state index contributed by atoms with van der Waals surface area (Å²) < 4.78 is 5.40. The molecule has 2 N–H and O–H groups in total. The average Bonchev–Trinajstić information content (AvgIpc) is 2.95. The predicted molar refractivity (Wildman–Crippen MR) is 101 cm³/mol. The Kier molecular flexibility index (Phi) is 6.64. The van der Waals surface area contributed by atoms with Gasteiger partial charge < -0.3 is 20.3 Å². The van der Waals surface area contributed by atoms with E-state index in [9.17, 15) is 4.79 Å². The highest BCUT2D eigenvalue weighted by molar-refractivity contribution is 7.09. The zero-order chi connectivity index (χ0) is 18.4. The van der Waals surface area contributed by atoms with Gasteiger partial charge in [0.25, 0.3) is 0 Å². The van der Waals surface area contributed by atoms with Crippen molar-refractivity contribution in [1.82, 2.24) is 14.8 Å². The van der Waals surface area contributed by atoms with Gasteiger partial charge in [0.2, 0.25) is 0 Å². The van der Waals surface area contributed by atoms with Gasteiger partial charge in [0.15, 0.2) is 5.96 Å². The zero-order valence-electron chi connectivity index (χ0n) is 15.6. The van der Waals surface area contributed by atoms with E-state index in [1.54, 1.807) is 16.2 Å². The second-order valence-electron chi connectivity index (χ2n) is 7.18. The van der Waals surface area contributed by atoms with Gasteiger partial charge in [-0.15, -0.1) is 11.3 Å². The fourth-order valence-electron chi connectivity index (χ4n) is 2.49. The van der Waals surface area contributed by atoms with Crippen molar-refractivity contribution in [2.45, 2.75) is 46.1 Å². The van der Waals surface area contributed by atoms with Crippen molar-refractivity contribution in [2.24, 2.45) is 10.7 Å². The van der Waals surface area contributed by atoms with Gasteiger partial charge in [0.05, 0.1) is 5.01 Å². The molecule has 1 aliphatic heterocycles. The second-order valence-corrected chi connectivity index (χ2v) is 8.12. The van der Waals surface area contributed by atoms with Gasteiger partial charge in [0.1, 0.15) is 5.60 Å². The van der Waals surface area contributed by atoms with Gasteiger partial charge in [0, 0.05) is 50.2 Å². The summed E-state index contributed by atoms with van der Waals surface area (Å²) in [6, 6.07) is 0. The molecule has 1 saturated heterocycles. The summed E-state index contributed by atoms with van der Waals surface area (Å²) in [6.45, 7) is 10.9. The van der Waals surface area contributed by atoms with Crippen molar-refractivity contribution in [1.29, 1.82) is 0 Å². The maximum Gasteiger partial charge on any atom is 0.410 e. The highest BCUT2D eigenvalue weighted by Crippen LogP contribution is 2.12. The smallest absolute Gasteiger partial charge is 0.410 e. The molecular weight excluding hydrogens is 338 g/mol. The summed E-state index contributed by atoms with van der Waals surface area (Å²) in [4.78, 5) is 24.7. The van der Waals surface area contributed by atoms with Crippen LogP contribution in [0.4, 0.5) is 4.79 Å². The molecule has 1 aromatic heterocycles. The SMILES string of the molecule is Cc1csc(CCCN=C(N)N2CCN(C(=O)OC(C)(C)C)CC2)n1. The number of hydrogen-bond donors (Lipinski definition) is 1. The maximum atomic E-state index is 12.1. The van der Waals surface area contributed by atoms with Crippen LogP contribution in [-0.2, 0) is 11.2 Å². The number of amides is 1. The molecule has 7 nitrogen and oxygen atoms in total. The number of ether oxygens (including phenoxy) is 1. The van der Waals surface area contributed by atoms with E-state index in [0.29, 0.717) is 38.7 Å². The summed E-state index contributed by atoms with van der Waals surface area (Å²) in [5, 5.41) is 3.22. The Balaban J connectivity index is 1.71. The molecule has 0 unspecified atom stereocenters. The summed E-state index contributed by atoms with van der Waals surface area (Å²) in [7, 11) is 0. The summed E-state index contributed by atoms with van der Waals surface area (Å²) in [5.41, 5.74) is 6.69. The topological polar surface area (TPSA) is 84.0 Å². The molecule has 8 heteroatoms. The van der Waals surface area contributed by atoms with Crippen molar-refractivity contribution in [3.63, 3.8) is 0 Å². The Morgan fingerprint density at radius 1 is 1.32 bits per heavy atom. The second kappa shape index (κ2) is 8.51. The van der Waals surface area contributed by atoms with Crippen LogP contribution in [0.5, 0.6) is 0 Å². The fraction of sp³-hybridized carbons (Fsp3) is 0.706. The van der Waals surface area contributed by atoms with E-state index < -0.39 is 5.60 Å². The minimum absolute atomic E-state index is 0.263. The lowest BCUT2D eigenvalue weighted by Crippen LogP contribution is -2.53. The predicted octanol–water partition coefficient (Wildman–Crippen LogP) is 2.25. The number of aryl methyl sites for hydroxylation is 2. The first-order valence-corrected chi connectivity index (χ1v) is 9.56. The molecule has 1 aromatic rings. The number of hydrogen-bond acceptors (Lipinski definition) is 5. The Morgan fingerprint density at radius 3 is 2.52 bits per heavy atom. The van der Waals surface area contributed by atoms with Gasteiger partial charge in [-0.05, 0) is 34.1 Å². The third-order valence-electron chi connectivity index (χ3n) is 3.74. The van der Waals surface area contributed by atoms with Crippen molar-refractivity contribution in [2.75, 3.05) is 32.7 Å². The van der Waals surface area contributed by atoms with Crippen molar-refractivity contribution >= 4 is 23.4 Å². The Hall–Kier alpha value is -1.83. The van der Waals surface area contributed by atoms with E-state index >= 15 is 0 Å². The molecule has 2 rings (SSSR count). The molecule has 0 spiro atoms. The number of thiazole rings is 1. The van der Waals surface area contributed by atoms with E-state index in [4.69, 9.17) is 10.5 Å². The van der Waals surface area contributed by atoms with Crippen molar-refractivity contribution in [3.05, 3.63) is 16.1 Å². The lowest BCUT2D eigenvalue weighted by atomic mass is 10.2. The zero-order valence-corrected chi connectivity index (χ0v) is 16.4. The van der Waals surface area contributed by atoms with E-state index in [2.05, 4.69) is 15.4 Å². The van der Waals surface area contributed by atoms with E-state index in [0.717, 1.165) is 23.5 Å². The Bertz CT molecular complexity index is 600. The Morgan fingerprint density at radius 2 is 1.96 bits per heavy atom. The Labute approximate surface area is 153 Å². The molecule has 2 heterocycles. The minimum atomic E-state index is -0.468. The number of rotatable bonds is 4. The highest BCUT2D eigenvalue weighted by atomic mass is 32.1. The van der Waals surface area contributed by atoms with Crippen LogP contribution < -0.4 is 5.73 Å². The summed E-state index contributed by atoms with van der Waals surface area (Å²) in [5.74, 6) is 0.555. The lowest BCUT2D eigenvalue weighted by Gasteiger charge is -2.36. The van der Waals surface area contributed by atoms with Gasteiger partial charge in [-0.25, -0.2) is 9.78 Å². The molecule has 1 amide bonds. The van der Waals surface area contributed by atoms with Gasteiger partial charge >= 0.3 is 6.09 Å². The lowest BCUT2D eigenvalue weighted by molar-refractivity contribution is 0.0186. The number of nitrogens with zero attached hydrogens (tertiary/aromatic N) is 4. The largest absolute Gasteiger partial charge is 0.444 e. The van der Waals surface area contributed by atoms with Crippen LogP contribution >= 0.6 is 11.3 Å². The van der Waals surface area contributed by atoms with Crippen LogP contribution in [0, 0.1) is 6.92 Å². The first kappa shape index (κ1) is 19.5. The third-order valence-corrected chi connectivity index (χ3v) is 4.77. The molecule has 0 saturated carbocycles. The average molecular weight is 368 g/mol. The van der Waals surface area contributed by atoms with Crippen LogP contribution in [0.2, 0.25) is 0 Å². The normalized spacial score (nSPS) is 16.2. The third kappa shape index (κ3) is 6.53. The molecule has 0 radical (unpaired) electrons. The number of carbonyl (C=O) groups is 1. The van der Waals surface area contributed by atoms with Gasteiger partial charge in [-0.2, -0.15) is 0 Å². The quantitative estimate of drug-likeness (QED) is 0.501. The number of carbonyl (C=O) groups excluding carboxylic acids is 1. The molecule has 140 valence electrons. The number of guanidine groups is 1. The molecule has 1 aliphatic rings. The van der Waals surface area contributed by atoms with E-state index in [-0.39, 0.29) is 6.09 Å². The van der Waals surface area contributed by atoms with Crippen molar-refractivity contribution in [3.8, 4) is 0 Å². The fourth-order valence-corrected chi connectivity index (χ4v) is 3.30. The maximum absolute atomic E-state index is 12.1. The highest BCUT2D eigenvalue weighted by Gasteiger charge is 2.26. The van der Waals surface area contributed by atoms with Crippen LogP contribution in [-0.4, -0.2) is 65.2 Å². The van der Waals surface area contributed by atoms with Crippen molar-refractivity contribution < 1.29 is 9.53 Å². The van der Waals surface area contributed by atoms with Gasteiger partial charge in [-0.3, -0.25) is 4.99 Å². The summed E-state index contributed by atoms with van der Waals surface area (Å²) >= 11 is 1.69. The minimum Gasteiger partial charge on any atom is -0.444 e. The standard InChI is InChI=1S/C17H29N5O2S/c1-13-12-25-14(20-13)6-5-7-19-15(18)21-8-10-22(11-9-21)16(23)24-17(2,3)4/h12H,5-11H2,1-4H3,(H2,18,19). The van der Waals surface area contributed by atoms with E-state index in [1.165, 1.54) is 0 Å². The molecule has 1 fully saturated rings. The number of aliphatic imine (C=N–C) groups is 1. The molecule has 25 heavy (non-hydrogen) atoms. The molecule has 0 aliphatic carbocycles. The van der Waals surface area contributed by atoms with Crippen LogP contribution in [0.3, 0.4) is 0 Å². The summed E-state index contributed by atoms with van der Waals surface area (Å²) in [6.07, 6.45) is 1.61. The van der Waals surface area contributed by atoms with Crippen LogP contribution in [0.1, 0.15) is 37.9 Å². The number of aromatic nitrogens is 1. The molecule has 0 bridgehead atoms. The monoisotopic (exact) mass is 367 g/mol. The number of piperazine rings is 1. The van der Waals surface area contributed by atoms with Crippen LogP contribution in [0.15, 0.2) is 10.4 Å². The molecule has 0 aromatic carbocycles. The van der Waals surface area contributed by atoms with Gasteiger partial charge in [-0.1, -0.05) is 0 Å². The first-order valence-electron chi connectivity index (χ1n) is 8.68. The molecular formula is C17H29N5O2S. The number of nitrogens with two attached hydrogens (primary N) is 1. The van der Waals surface area contributed by atoms with Crippen LogP contribution in [0.25, 0.3) is 0 Å². The first-order chi connectivity index (χ1) is 11.7. The molecule has 0 atom stereocenters.